The van der Waals surface area contributed by atoms with E-state index < -0.39 is 10.0 Å². The number of hydrogen-bond acceptors (Lipinski definition) is 3. The quantitative estimate of drug-likeness (QED) is 0.540. The molecule has 4 aromatic rings. The summed E-state index contributed by atoms with van der Waals surface area (Å²) in [6.07, 6.45) is 3.55. The van der Waals surface area contributed by atoms with Gasteiger partial charge >= 0.3 is 0 Å². The molecule has 28 heavy (non-hydrogen) atoms. The fraction of sp³-hybridized carbons (Fsp3) is 0.0870. The van der Waals surface area contributed by atoms with E-state index in [2.05, 4.69) is 40.9 Å². The molecule has 1 N–H and O–H groups in total. The number of fused-ring (bicyclic) bond motifs is 1. The number of pyridine rings is 1. The second kappa shape index (κ2) is 7.54. The van der Waals surface area contributed by atoms with Crippen molar-refractivity contribution in [3.63, 3.8) is 0 Å². The lowest BCUT2D eigenvalue weighted by atomic mass is 9.96. The number of rotatable bonds is 5. The Balaban J connectivity index is 1.70. The van der Waals surface area contributed by atoms with Crippen molar-refractivity contribution in [2.75, 3.05) is 0 Å². The summed E-state index contributed by atoms with van der Waals surface area (Å²) in [6, 6.07) is 22.7. The van der Waals surface area contributed by atoms with Crippen LogP contribution in [0, 0.1) is 6.92 Å². The lowest BCUT2D eigenvalue weighted by Crippen LogP contribution is -2.23. The second-order valence-electron chi connectivity index (χ2n) is 6.70. The van der Waals surface area contributed by atoms with Crippen molar-refractivity contribution in [2.45, 2.75) is 18.4 Å². The zero-order chi connectivity index (χ0) is 19.6. The van der Waals surface area contributed by atoms with Gasteiger partial charge in [0.15, 0.2) is 0 Å². The third-order valence-electron chi connectivity index (χ3n) is 4.78. The van der Waals surface area contributed by atoms with Crippen LogP contribution in [0.1, 0.15) is 11.1 Å². The molecule has 140 valence electrons. The van der Waals surface area contributed by atoms with Crippen LogP contribution >= 0.6 is 0 Å². The van der Waals surface area contributed by atoms with Crippen LogP contribution in [0.5, 0.6) is 0 Å². The summed E-state index contributed by atoms with van der Waals surface area (Å²) in [5.41, 5.74) is 4.32. The standard InChI is InChI=1S/C23H20N2O2S/c1-17-7-9-18(10-8-17)21-12-11-19(23-16-24-14-13-22(21)23)15-25-28(26,27)20-5-3-2-4-6-20/h2-14,16,25H,15H2,1H3. The Hall–Kier alpha value is -3.02. The molecule has 0 aliphatic heterocycles. The molecule has 4 rings (SSSR count). The maximum absolute atomic E-state index is 12.5. The number of nitrogens with zero attached hydrogens (tertiary/aromatic N) is 1. The summed E-state index contributed by atoms with van der Waals surface area (Å²) in [4.78, 5) is 4.51. The first-order valence-corrected chi connectivity index (χ1v) is 10.5. The zero-order valence-corrected chi connectivity index (χ0v) is 16.3. The van der Waals surface area contributed by atoms with Crippen LogP contribution in [0.25, 0.3) is 21.9 Å². The van der Waals surface area contributed by atoms with E-state index in [9.17, 15) is 8.42 Å². The van der Waals surface area contributed by atoms with E-state index in [1.807, 2.05) is 18.2 Å². The minimum Gasteiger partial charge on any atom is -0.264 e. The number of sulfonamides is 1. The van der Waals surface area contributed by atoms with Crippen molar-refractivity contribution in [1.82, 2.24) is 9.71 Å². The lowest BCUT2D eigenvalue weighted by molar-refractivity contribution is 0.581. The van der Waals surface area contributed by atoms with E-state index in [0.717, 1.165) is 27.5 Å². The first kappa shape index (κ1) is 18.3. The molecule has 0 spiro atoms. The van der Waals surface area contributed by atoms with Crippen LogP contribution in [-0.4, -0.2) is 13.4 Å². The van der Waals surface area contributed by atoms with E-state index in [1.54, 1.807) is 42.7 Å². The fourth-order valence-corrected chi connectivity index (χ4v) is 4.27. The van der Waals surface area contributed by atoms with Gasteiger partial charge in [-0.2, -0.15) is 0 Å². The Morgan fingerprint density at radius 3 is 2.36 bits per heavy atom. The van der Waals surface area contributed by atoms with Crippen molar-refractivity contribution >= 4 is 20.8 Å². The summed E-state index contributed by atoms with van der Waals surface area (Å²) >= 11 is 0. The van der Waals surface area contributed by atoms with Gasteiger partial charge in [-0.1, -0.05) is 60.2 Å². The normalized spacial score (nSPS) is 11.6. The van der Waals surface area contributed by atoms with Crippen LogP contribution < -0.4 is 4.72 Å². The smallest absolute Gasteiger partial charge is 0.240 e. The van der Waals surface area contributed by atoms with Crippen molar-refractivity contribution in [2.24, 2.45) is 0 Å². The predicted octanol–water partition coefficient (Wildman–Crippen LogP) is 4.69. The largest absolute Gasteiger partial charge is 0.264 e. The Labute approximate surface area is 164 Å². The molecule has 0 amide bonds. The lowest BCUT2D eigenvalue weighted by Gasteiger charge is -2.13. The molecule has 0 saturated heterocycles. The van der Waals surface area contributed by atoms with Crippen molar-refractivity contribution in [3.05, 3.63) is 96.3 Å². The number of hydrogen-bond donors (Lipinski definition) is 1. The number of nitrogens with one attached hydrogen (secondary N) is 1. The molecule has 1 heterocycles. The van der Waals surface area contributed by atoms with Gasteiger partial charge in [-0.3, -0.25) is 4.98 Å². The molecule has 0 aliphatic rings. The van der Waals surface area contributed by atoms with Gasteiger partial charge in [0.05, 0.1) is 4.90 Å². The van der Waals surface area contributed by atoms with E-state index in [4.69, 9.17) is 0 Å². The van der Waals surface area contributed by atoms with Crippen LogP contribution in [0.4, 0.5) is 0 Å². The Morgan fingerprint density at radius 1 is 0.857 bits per heavy atom. The van der Waals surface area contributed by atoms with E-state index in [-0.39, 0.29) is 11.4 Å². The molecule has 0 radical (unpaired) electrons. The van der Waals surface area contributed by atoms with Gasteiger partial charge in [0.25, 0.3) is 0 Å². The van der Waals surface area contributed by atoms with Gasteiger partial charge in [0.1, 0.15) is 0 Å². The average molecular weight is 388 g/mol. The summed E-state index contributed by atoms with van der Waals surface area (Å²) < 4.78 is 27.8. The maximum Gasteiger partial charge on any atom is 0.240 e. The highest BCUT2D eigenvalue weighted by Gasteiger charge is 2.14. The minimum absolute atomic E-state index is 0.202. The monoisotopic (exact) mass is 388 g/mol. The van der Waals surface area contributed by atoms with Gasteiger partial charge in [-0.05, 0) is 47.2 Å². The van der Waals surface area contributed by atoms with E-state index >= 15 is 0 Å². The molecule has 0 atom stereocenters. The molecular formula is C23H20N2O2S. The fourth-order valence-electron chi connectivity index (χ4n) is 3.24. The molecule has 4 nitrogen and oxygen atoms in total. The van der Waals surface area contributed by atoms with Crippen molar-refractivity contribution in [3.8, 4) is 11.1 Å². The molecule has 0 bridgehead atoms. The molecule has 5 heteroatoms. The van der Waals surface area contributed by atoms with E-state index in [1.165, 1.54) is 5.56 Å². The summed E-state index contributed by atoms with van der Waals surface area (Å²) in [5, 5.41) is 1.99. The van der Waals surface area contributed by atoms with Crippen LogP contribution in [0.2, 0.25) is 0 Å². The average Bonchev–Trinajstić information content (AvgIpc) is 2.73. The SMILES string of the molecule is Cc1ccc(-c2ccc(CNS(=O)(=O)c3ccccc3)c3cnccc23)cc1. The highest BCUT2D eigenvalue weighted by atomic mass is 32.2. The third kappa shape index (κ3) is 3.67. The van der Waals surface area contributed by atoms with Crippen molar-refractivity contribution < 1.29 is 8.42 Å². The third-order valence-corrected chi connectivity index (χ3v) is 6.19. The Morgan fingerprint density at radius 2 is 1.61 bits per heavy atom. The molecule has 0 saturated carbocycles. The van der Waals surface area contributed by atoms with Crippen LogP contribution in [-0.2, 0) is 16.6 Å². The summed E-state index contributed by atoms with van der Waals surface area (Å²) in [5.74, 6) is 0. The zero-order valence-electron chi connectivity index (χ0n) is 15.5. The Kier molecular flexibility index (Phi) is 4.94. The Bertz CT molecular complexity index is 1220. The number of aromatic nitrogens is 1. The number of aryl methyl sites for hydroxylation is 1. The highest BCUT2D eigenvalue weighted by molar-refractivity contribution is 7.89. The van der Waals surface area contributed by atoms with Gasteiger partial charge in [-0.15, -0.1) is 0 Å². The van der Waals surface area contributed by atoms with Crippen LogP contribution in [0.3, 0.4) is 0 Å². The van der Waals surface area contributed by atoms with Gasteiger partial charge in [-0.25, -0.2) is 13.1 Å². The minimum atomic E-state index is -3.56. The maximum atomic E-state index is 12.5. The molecule has 3 aromatic carbocycles. The van der Waals surface area contributed by atoms with Gasteiger partial charge in [0.2, 0.25) is 10.0 Å². The van der Waals surface area contributed by atoms with Crippen LogP contribution in [0.15, 0.2) is 90.1 Å². The first-order chi connectivity index (χ1) is 13.5. The van der Waals surface area contributed by atoms with Crippen molar-refractivity contribution in [1.29, 1.82) is 0 Å². The molecule has 1 aromatic heterocycles. The highest BCUT2D eigenvalue weighted by Crippen LogP contribution is 2.30. The molecule has 0 unspecified atom stereocenters. The van der Waals surface area contributed by atoms with Gasteiger partial charge < -0.3 is 0 Å². The second-order valence-corrected chi connectivity index (χ2v) is 8.46. The summed E-state index contributed by atoms with van der Waals surface area (Å²) in [6.45, 7) is 2.27. The molecule has 0 fully saturated rings. The topological polar surface area (TPSA) is 59.1 Å². The molecule has 0 aliphatic carbocycles. The predicted molar refractivity (Wildman–Crippen MR) is 112 cm³/mol. The molecular weight excluding hydrogens is 368 g/mol. The van der Waals surface area contributed by atoms with Gasteiger partial charge in [0, 0.05) is 24.3 Å². The summed E-state index contributed by atoms with van der Waals surface area (Å²) in [7, 11) is -3.56. The first-order valence-electron chi connectivity index (χ1n) is 9.02. The number of benzene rings is 3. The van der Waals surface area contributed by atoms with E-state index in [0.29, 0.717) is 0 Å².